The molecule has 0 aromatic heterocycles. The van der Waals surface area contributed by atoms with Gasteiger partial charge in [0.2, 0.25) is 11.8 Å². The van der Waals surface area contributed by atoms with Crippen LogP contribution in [0.2, 0.25) is 0 Å². The standard InChI is InChI=1S/C22H21Br2N3O3/c1-5-14-6-8-18(9-7-14)26-21(30)22(3,4)27-19(28)13(2)25-20(29)15-10-16(23)12-17(24)11-15/h1,6-13H,2-4H3,(H,25,29)(H,26,30)(H,27,28)/t13-/m0/s1. The van der Waals surface area contributed by atoms with E-state index in [2.05, 4.69) is 53.7 Å². The highest BCUT2D eigenvalue weighted by Gasteiger charge is 2.31. The number of benzene rings is 2. The highest BCUT2D eigenvalue weighted by molar-refractivity contribution is 9.11. The largest absolute Gasteiger partial charge is 0.341 e. The van der Waals surface area contributed by atoms with E-state index in [1.54, 1.807) is 63.2 Å². The van der Waals surface area contributed by atoms with Crippen molar-refractivity contribution in [2.75, 3.05) is 5.32 Å². The molecule has 0 aliphatic rings. The highest BCUT2D eigenvalue weighted by Crippen LogP contribution is 2.20. The maximum atomic E-state index is 12.6. The summed E-state index contributed by atoms with van der Waals surface area (Å²) in [7, 11) is 0. The fourth-order valence-electron chi connectivity index (χ4n) is 2.44. The number of halogens is 2. The number of rotatable bonds is 6. The lowest BCUT2D eigenvalue weighted by molar-refractivity contribution is -0.130. The molecule has 0 unspecified atom stereocenters. The molecule has 0 spiro atoms. The molecule has 0 aliphatic carbocycles. The molecule has 0 aliphatic heterocycles. The van der Waals surface area contributed by atoms with Gasteiger partial charge in [-0.2, -0.15) is 0 Å². The van der Waals surface area contributed by atoms with Crippen LogP contribution < -0.4 is 16.0 Å². The number of amides is 3. The summed E-state index contributed by atoms with van der Waals surface area (Å²) < 4.78 is 1.46. The lowest BCUT2D eigenvalue weighted by Crippen LogP contribution is -2.57. The fraction of sp³-hybridized carbons (Fsp3) is 0.227. The minimum absolute atomic E-state index is 0.392. The molecule has 3 amide bonds. The molecular formula is C22H21Br2N3O3. The van der Waals surface area contributed by atoms with Gasteiger partial charge >= 0.3 is 0 Å². The second-order valence-corrected chi connectivity index (χ2v) is 8.97. The summed E-state index contributed by atoms with van der Waals surface area (Å²) in [5.41, 5.74) is 0.438. The molecule has 0 fully saturated rings. The molecule has 6 nitrogen and oxygen atoms in total. The molecular weight excluding hydrogens is 514 g/mol. The van der Waals surface area contributed by atoms with E-state index in [1.807, 2.05) is 0 Å². The Hall–Kier alpha value is -2.63. The van der Waals surface area contributed by atoms with Gasteiger partial charge in [-0.15, -0.1) is 6.42 Å². The Morgan fingerprint density at radius 3 is 2.13 bits per heavy atom. The molecule has 0 bridgehead atoms. The Labute approximate surface area is 192 Å². The summed E-state index contributed by atoms with van der Waals surface area (Å²) in [4.78, 5) is 37.6. The van der Waals surface area contributed by atoms with E-state index in [-0.39, 0.29) is 0 Å². The van der Waals surface area contributed by atoms with Crippen molar-refractivity contribution in [1.82, 2.24) is 10.6 Å². The van der Waals surface area contributed by atoms with Crippen molar-refractivity contribution in [3.05, 3.63) is 62.5 Å². The molecule has 0 heterocycles. The molecule has 156 valence electrons. The predicted molar refractivity (Wildman–Crippen MR) is 124 cm³/mol. The van der Waals surface area contributed by atoms with Crippen LogP contribution in [0.4, 0.5) is 5.69 Å². The Morgan fingerprint density at radius 2 is 1.60 bits per heavy atom. The zero-order valence-electron chi connectivity index (χ0n) is 16.7. The van der Waals surface area contributed by atoms with Crippen molar-refractivity contribution in [3.63, 3.8) is 0 Å². The van der Waals surface area contributed by atoms with Crippen molar-refractivity contribution in [1.29, 1.82) is 0 Å². The molecule has 2 rings (SSSR count). The van der Waals surface area contributed by atoms with Crippen molar-refractivity contribution in [2.24, 2.45) is 0 Å². The van der Waals surface area contributed by atoms with E-state index < -0.39 is 29.3 Å². The maximum Gasteiger partial charge on any atom is 0.251 e. The second-order valence-electron chi connectivity index (χ2n) is 7.14. The maximum absolute atomic E-state index is 12.6. The first-order valence-corrected chi connectivity index (χ1v) is 10.6. The first-order valence-electron chi connectivity index (χ1n) is 8.99. The average Bonchev–Trinajstić information content (AvgIpc) is 2.67. The highest BCUT2D eigenvalue weighted by atomic mass is 79.9. The smallest absolute Gasteiger partial charge is 0.251 e. The van der Waals surface area contributed by atoms with Crippen LogP contribution in [0, 0.1) is 12.3 Å². The first kappa shape index (κ1) is 23.6. The molecule has 0 saturated carbocycles. The number of terminal acetylenes is 1. The van der Waals surface area contributed by atoms with Crippen LogP contribution in [0.15, 0.2) is 51.4 Å². The van der Waals surface area contributed by atoms with Gasteiger partial charge in [-0.05, 0) is 63.2 Å². The van der Waals surface area contributed by atoms with E-state index in [4.69, 9.17) is 6.42 Å². The Bertz CT molecular complexity index is 991. The molecule has 8 heteroatoms. The number of nitrogens with one attached hydrogen (secondary N) is 3. The van der Waals surface area contributed by atoms with Crippen LogP contribution in [-0.2, 0) is 9.59 Å². The number of anilines is 1. The van der Waals surface area contributed by atoms with Crippen LogP contribution in [-0.4, -0.2) is 29.3 Å². The zero-order valence-corrected chi connectivity index (χ0v) is 19.8. The summed E-state index contributed by atoms with van der Waals surface area (Å²) in [6.45, 7) is 4.71. The summed E-state index contributed by atoms with van der Waals surface area (Å²) >= 11 is 6.65. The number of carbonyl (C=O) groups is 3. The van der Waals surface area contributed by atoms with Gasteiger partial charge in [0.1, 0.15) is 11.6 Å². The topological polar surface area (TPSA) is 87.3 Å². The summed E-state index contributed by atoms with van der Waals surface area (Å²) in [5, 5.41) is 8.03. The van der Waals surface area contributed by atoms with Gasteiger partial charge in [0.05, 0.1) is 0 Å². The molecule has 0 radical (unpaired) electrons. The summed E-state index contributed by atoms with van der Waals surface area (Å²) in [5.74, 6) is 1.20. The molecule has 30 heavy (non-hydrogen) atoms. The quantitative estimate of drug-likeness (QED) is 0.492. The van der Waals surface area contributed by atoms with Crippen molar-refractivity contribution in [3.8, 4) is 12.3 Å². The van der Waals surface area contributed by atoms with Gasteiger partial charge in [0.15, 0.2) is 0 Å². The van der Waals surface area contributed by atoms with Crippen molar-refractivity contribution >= 4 is 55.3 Å². The van der Waals surface area contributed by atoms with Gasteiger partial charge in [0, 0.05) is 25.8 Å². The van der Waals surface area contributed by atoms with Crippen molar-refractivity contribution < 1.29 is 14.4 Å². The van der Waals surface area contributed by atoms with Gasteiger partial charge in [-0.1, -0.05) is 37.8 Å². The van der Waals surface area contributed by atoms with Gasteiger partial charge in [-0.25, -0.2) is 0 Å². The molecule has 2 aromatic rings. The van der Waals surface area contributed by atoms with E-state index in [1.165, 1.54) is 0 Å². The fourth-order valence-corrected chi connectivity index (χ4v) is 3.73. The second kappa shape index (κ2) is 9.92. The van der Waals surface area contributed by atoms with E-state index >= 15 is 0 Å². The van der Waals surface area contributed by atoms with Crippen molar-refractivity contribution in [2.45, 2.75) is 32.4 Å². The van der Waals surface area contributed by atoms with Crippen LogP contribution in [0.5, 0.6) is 0 Å². The van der Waals surface area contributed by atoms with Crippen LogP contribution in [0.25, 0.3) is 0 Å². The zero-order chi connectivity index (χ0) is 22.5. The third kappa shape index (κ3) is 6.44. The number of hydrogen-bond acceptors (Lipinski definition) is 3. The monoisotopic (exact) mass is 533 g/mol. The third-order valence-electron chi connectivity index (χ3n) is 4.18. The number of carbonyl (C=O) groups excluding carboxylic acids is 3. The first-order chi connectivity index (χ1) is 14.0. The van der Waals surface area contributed by atoms with Gasteiger partial charge in [-0.3, -0.25) is 14.4 Å². The Kier molecular flexibility index (Phi) is 7.82. The molecule has 1 atom stereocenters. The van der Waals surface area contributed by atoms with Crippen LogP contribution in [0.1, 0.15) is 36.7 Å². The normalized spacial score (nSPS) is 11.7. The lowest BCUT2D eigenvalue weighted by atomic mass is 10.0. The third-order valence-corrected chi connectivity index (χ3v) is 5.09. The average molecular weight is 535 g/mol. The van der Waals surface area contributed by atoms with E-state index in [0.717, 1.165) is 8.95 Å². The van der Waals surface area contributed by atoms with Crippen LogP contribution >= 0.6 is 31.9 Å². The lowest BCUT2D eigenvalue weighted by Gasteiger charge is -2.27. The van der Waals surface area contributed by atoms with Gasteiger partial charge in [0.25, 0.3) is 5.91 Å². The van der Waals surface area contributed by atoms with Crippen LogP contribution in [0.3, 0.4) is 0 Å². The summed E-state index contributed by atoms with van der Waals surface area (Å²) in [6, 6.07) is 11.0. The molecule has 2 aromatic carbocycles. The van der Waals surface area contributed by atoms with Gasteiger partial charge < -0.3 is 16.0 Å². The number of hydrogen-bond donors (Lipinski definition) is 3. The minimum Gasteiger partial charge on any atom is -0.341 e. The Balaban J connectivity index is 1.98. The van der Waals surface area contributed by atoms with E-state index in [9.17, 15) is 14.4 Å². The SMILES string of the molecule is C#Cc1ccc(NC(=O)C(C)(C)NC(=O)[C@H](C)NC(=O)c2cc(Br)cc(Br)c2)cc1. The van der Waals surface area contributed by atoms with E-state index in [0.29, 0.717) is 16.8 Å². The molecule has 0 saturated heterocycles. The minimum atomic E-state index is -1.21. The summed E-state index contributed by atoms with van der Waals surface area (Å²) in [6.07, 6.45) is 5.32. The molecule has 3 N–H and O–H groups in total. The predicted octanol–water partition coefficient (Wildman–Crippen LogP) is 3.84. The Morgan fingerprint density at radius 1 is 1.03 bits per heavy atom.